The van der Waals surface area contributed by atoms with Crippen LogP contribution >= 0.6 is 0 Å². The molecule has 4 nitrogen and oxygen atoms in total. The van der Waals surface area contributed by atoms with Crippen LogP contribution in [0.3, 0.4) is 0 Å². The van der Waals surface area contributed by atoms with Crippen LogP contribution in [0.15, 0.2) is 24.3 Å². The third kappa shape index (κ3) is 5.23. The van der Waals surface area contributed by atoms with Gasteiger partial charge in [-0.05, 0) is 49.9 Å². The molecular formula is C20H24F3NO3. The second kappa shape index (κ2) is 8.31. The average Bonchev–Trinajstić information content (AvgIpc) is 2.66. The van der Waals surface area contributed by atoms with Gasteiger partial charge in [-0.15, -0.1) is 0 Å². The Morgan fingerprint density at radius 1 is 1.11 bits per heavy atom. The van der Waals surface area contributed by atoms with Gasteiger partial charge < -0.3 is 9.64 Å². The normalized spacial score (nSPS) is 22.0. The van der Waals surface area contributed by atoms with E-state index in [0.717, 1.165) is 31.5 Å². The number of nitrogens with zero attached hydrogens (tertiary/aromatic N) is 1. The topological polar surface area (TPSA) is 46.6 Å². The van der Waals surface area contributed by atoms with E-state index in [1.807, 2.05) is 4.90 Å². The van der Waals surface area contributed by atoms with Gasteiger partial charge in [-0.1, -0.05) is 0 Å². The second-order valence-electron chi connectivity index (χ2n) is 7.44. The van der Waals surface area contributed by atoms with Crippen molar-refractivity contribution in [2.75, 3.05) is 19.7 Å². The van der Waals surface area contributed by atoms with Gasteiger partial charge in [0, 0.05) is 37.8 Å². The van der Waals surface area contributed by atoms with Crippen LogP contribution in [0.2, 0.25) is 0 Å². The fourth-order valence-electron chi connectivity index (χ4n) is 3.80. The van der Waals surface area contributed by atoms with Crippen LogP contribution in [0, 0.1) is 11.8 Å². The SMILES string of the molecule is O=C1CCC(C(=O)N2CCCC(COc3ccc(C(F)(F)F)cc3)C2)CC1. The van der Waals surface area contributed by atoms with E-state index in [4.69, 9.17) is 4.74 Å². The number of hydrogen-bond acceptors (Lipinski definition) is 3. The van der Waals surface area contributed by atoms with Crippen molar-refractivity contribution in [2.45, 2.75) is 44.7 Å². The highest BCUT2D eigenvalue weighted by Crippen LogP contribution is 2.31. The van der Waals surface area contributed by atoms with Crippen molar-refractivity contribution in [2.24, 2.45) is 11.8 Å². The Hall–Kier alpha value is -2.05. The Bertz CT molecular complexity index is 662. The van der Waals surface area contributed by atoms with Crippen molar-refractivity contribution >= 4 is 11.7 Å². The first-order chi connectivity index (χ1) is 12.8. The van der Waals surface area contributed by atoms with Crippen molar-refractivity contribution in [3.8, 4) is 5.75 Å². The molecule has 27 heavy (non-hydrogen) atoms. The van der Waals surface area contributed by atoms with Gasteiger partial charge in [-0.3, -0.25) is 9.59 Å². The number of ketones is 1. The summed E-state index contributed by atoms with van der Waals surface area (Å²) in [6.45, 7) is 1.70. The smallest absolute Gasteiger partial charge is 0.416 e. The summed E-state index contributed by atoms with van der Waals surface area (Å²) in [5.74, 6) is 0.868. The van der Waals surface area contributed by atoms with Gasteiger partial charge in [0.25, 0.3) is 0 Å². The Morgan fingerprint density at radius 3 is 2.41 bits per heavy atom. The molecule has 3 rings (SSSR count). The zero-order valence-corrected chi connectivity index (χ0v) is 15.1. The van der Waals surface area contributed by atoms with Gasteiger partial charge >= 0.3 is 6.18 Å². The van der Waals surface area contributed by atoms with Crippen LogP contribution in [0.5, 0.6) is 5.75 Å². The van der Waals surface area contributed by atoms with Crippen molar-refractivity contribution in [3.05, 3.63) is 29.8 Å². The third-order valence-electron chi connectivity index (χ3n) is 5.39. The molecule has 0 bridgehead atoms. The summed E-state index contributed by atoms with van der Waals surface area (Å²) in [5, 5.41) is 0. The summed E-state index contributed by atoms with van der Waals surface area (Å²) < 4.78 is 43.4. The van der Waals surface area contributed by atoms with Crippen LogP contribution in [0.4, 0.5) is 13.2 Å². The first-order valence-corrected chi connectivity index (χ1v) is 9.43. The first kappa shape index (κ1) is 19.7. The molecule has 7 heteroatoms. The molecule has 1 saturated carbocycles. The van der Waals surface area contributed by atoms with Gasteiger partial charge in [0.1, 0.15) is 11.5 Å². The fourth-order valence-corrected chi connectivity index (χ4v) is 3.80. The molecule has 0 spiro atoms. The molecule has 1 aromatic carbocycles. The summed E-state index contributed by atoms with van der Waals surface area (Å²) in [6.07, 6.45) is -0.282. The summed E-state index contributed by atoms with van der Waals surface area (Å²) in [6, 6.07) is 4.67. The molecule has 1 heterocycles. The number of amides is 1. The fraction of sp³-hybridized carbons (Fsp3) is 0.600. The lowest BCUT2D eigenvalue weighted by molar-refractivity contribution is -0.139. The molecule has 1 aliphatic carbocycles. The van der Waals surface area contributed by atoms with Crippen molar-refractivity contribution in [3.63, 3.8) is 0 Å². The number of halogens is 3. The van der Waals surface area contributed by atoms with Gasteiger partial charge in [0.2, 0.25) is 5.91 Å². The standard InChI is InChI=1S/C20H24F3NO3/c21-20(22,23)16-5-9-18(10-6-16)27-13-14-2-1-11-24(12-14)19(26)15-3-7-17(25)8-4-15/h5-6,9-10,14-15H,1-4,7-8,11-13H2. The maximum atomic E-state index is 12.7. The minimum Gasteiger partial charge on any atom is -0.493 e. The predicted octanol–water partition coefficient (Wildman–Crippen LogP) is 4.08. The quantitative estimate of drug-likeness (QED) is 0.787. The van der Waals surface area contributed by atoms with E-state index in [-0.39, 0.29) is 23.5 Å². The molecule has 1 amide bonds. The summed E-state index contributed by atoms with van der Waals surface area (Å²) in [7, 11) is 0. The van der Waals surface area contributed by atoms with Crippen LogP contribution in [-0.2, 0) is 15.8 Å². The molecular weight excluding hydrogens is 359 g/mol. The first-order valence-electron chi connectivity index (χ1n) is 9.43. The number of ether oxygens (including phenoxy) is 1. The molecule has 148 valence electrons. The third-order valence-corrected chi connectivity index (χ3v) is 5.39. The molecule has 1 aliphatic heterocycles. The Balaban J connectivity index is 1.49. The van der Waals surface area contributed by atoms with Crippen molar-refractivity contribution < 1.29 is 27.5 Å². The number of alkyl halides is 3. The van der Waals surface area contributed by atoms with E-state index < -0.39 is 11.7 Å². The molecule has 2 fully saturated rings. The number of Topliss-reactive ketones (excluding diaryl/α,β-unsaturated/α-hetero) is 1. The molecule has 1 atom stereocenters. The van der Waals surface area contributed by atoms with E-state index in [1.54, 1.807) is 0 Å². The molecule has 1 unspecified atom stereocenters. The number of piperidine rings is 1. The van der Waals surface area contributed by atoms with Crippen LogP contribution in [-0.4, -0.2) is 36.3 Å². The Morgan fingerprint density at radius 2 is 1.78 bits per heavy atom. The van der Waals surface area contributed by atoms with Crippen LogP contribution in [0.25, 0.3) is 0 Å². The zero-order chi connectivity index (χ0) is 19.4. The molecule has 2 aliphatic rings. The Labute approximate surface area is 156 Å². The number of hydrogen-bond donors (Lipinski definition) is 0. The second-order valence-corrected chi connectivity index (χ2v) is 7.44. The maximum absolute atomic E-state index is 12.7. The highest BCUT2D eigenvalue weighted by atomic mass is 19.4. The maximum Gasteiger partial charge on any atom is 0.416 e. The lowest BCUT2D eigenvalue weighted by Gasteiger charge is -2.35. The summed E-state index contributed by atoms with van der Waals surface area (Å²) in [4.78, 5) is 25.9. The number of benzene rings is 1. The number of rotatable bonds is 4. The highest BCUT2D eigenvalue weighted by molar-refractivity contribution is 5.84. The van der Waals surface area contributed by atoms with Crippen molar-refractivity contribution in [1.82, 2.24) is 4.90 Å². The molecule has 0 radical (unpaired) electrons. The summed E-state index contributed by atoms with van der Waals surface area (Å²) in [5.41, 5.74) is -0.699. The largest absolute Gasteiger partial charge is 0.493 e. The predicted molar refractivity (Wildman–Crippen MR) is 93.2 cm³/mol. The zero-order valence-electron chi connectivity index (χ0n) is 15.1. The minimum absolute atomic E-state index is 0.0581. The number of likely N-dealkylation sites (tertiary alicyclic amines) is 1. The van der Waals surface area contributed by atoms with E-state index in [9.17, 15) is 22.8 Å². The molecule has 1 aromatic rings. The number of carbonyl (C=O) groups is 2. The molecule has 1 saturated heterocycles. The van der Waals surface area contributed by atoms with Gasteiger partial charge in [-0.2, -0.15) is 13.2 Å². The lowest BCUT2D eigenvalue weighted by Crippen LogP contribution is -2.45. The van der Waals surface area contributed by atoms with Crippen LogP contribution < -0.4 is 4.74 Å². The minimum atomic E-state index is -4.35. The van der Waals surface area contributed by atoms with Crippen LogP contribution in [0.1, 0.15) is 44.1 Å². The molecule has 0 N–H and O–H groups in total. The van der Waals surface area contributed by atoms with Gasteiger partial charge in [-0.25, -0.2) is 0 Å². The Kier molecular flexibility index (Phi) is 6.07. The van der Waals surface area contributed by atoms with E-state index >= 15 is 0 Å². The lowest BCUT2D eigenvalue weighted by atomic mass is 9.86. The highest BCUT2D eigenvalue weighted by Gasteiger charge is 2.32. The van der Waals surface area contributed by atoms with E-state index in [0.29, 0.717) is 44.6 Å². The average molecular weight is 383 g/mol. The van der Waals surface area contributed by atoms with Gasteiger partial charge in [0.15, 0.2) is 0 Å². The van der Waals surface area contributed by atoms with Crippen molar-refractivity contribution in [1.29, 1.82) is 0 Å². The molecule has 0 aromatic heterocycles. The monoisotopic (exact) mass is 383 g/mol. The number of carbonyl (C=O) groups excluding carboxylic acids is 2. The van der Waals surface area contributed by atoms with E-state index in [2.05, 4.69) is 0 Å². The summed E-state index contributed by atoms with van der Waals surface area (Å²) >= 11 is 0. The van der Waals surface area contributed by atoms with Gasteiger partial charge in [0.05, 0.1) is 12.2 Å². The van der Waals surface area contributed by atoms with E-state index in [1.165, 1.54) is 12.1 Å².